The predicted octanol–water partition coefficient (Wildman–Crippen LogP) is 2.87. The zero-order chi connectivity index (χ0) is 11.8. The Hall–Kier alpha value is -1.02. The van der Waals surface area contributed by atoms with Gasteiger partial charge in [-0.2, -0.15) is 0 Å². The van der Waals surface area contributed by atoms with Crippen LogP contribution in [0.1, 0.15) is 25.8 Å². The molecule has 0 aliphatic rings. The molecule has 90 valence electrons. The number of hydrogen-bond donors (Lipinski definition) is 1. The maximum atomic E-state index is 5.37. The van der Waals surface area contributed by atoms with Crippen molar-refractivity contribution in [3.8, 4) is 5.75 Å². The standard InChI is InChI=1S/C14H23NO/c1-4-12(11-15-5-2)10-13-8-6-7-9-14(13)16-3/h6-9,12,15H,4-5,10-11H2,1-3H3. The number of nitrogens with one attached hydrogen (secondary N) is 1. The van der Waals surface area contributed by atoms with Crippen molar-refractivity contribution in [2.24, 2.45) is 5.92 Å². The van der Waals surface area contributed by atoms with Crippen LogP contribution in [0.3, 0.4) is 0 Å². The van der Waals surface area contributed by atoms with E-state index in [-0.39, 0.29) is 0 Å². The van der Waals surface area contributed by atoms with Crippen LogP contribution >= 0.6 is 0 Å². The second kappa shape index (κ2) is 7.29. The van der Waals surface area contributed by atoms with Gasteiger partial charge in [-0.3, -0.25) is 0 Å². The molecule has 0 saturated carbocycles. The van der Waals surface area contributed by atoms with E-state index in [9.17, 15) is 0 Å². The van der Waals surface area contributed by atoms with Crippen LogP contribution in [0.4, 0.5) is 0 Å². The normalized spacial score (nSPS) is 12.4. The van der Waals surface area contributed by atoms with Crippen molar-refractivity contribution in [2.75, 3.05) is 20.2 Å². The number of hydrogen-bond acceptors (Lipinski definition) is 2. The topological polar surface area (TPSA) is 21.3 Å². The molecule has 0 spiro atoms. The number of rotatable bonds is 7. The lowest BCUT2D eigenvalue weighted by atomic mass is 9.96. The van der Waals surface area contributed by atoms with Crippen molar-refractivity contribution in [2.45, 2.75) is 26.7 Å². The van der Waals surface area contributed by atoms with Crippen molar-refractivity contribution in [3.05, 3.63) is 29.8 Å². The summed E-state index contributed by atoms with van der Waals surface area (Å²) < 4.78 is 5.37. The first-order chi connectivity index (χ1) is 7.81. The van der Waals surface area contributed by atoms with Gasteiger partial charge in [0, 0.05) is 0 Å². The number of ether oxygens (including phenoxy) is 1. The van der Waals surface area contributed by atoms with Crippen LogP contribution in [-0.2, 0) is 6.42 Å². The molecule has 1 N–H and O–H groups in total. The summed E-state index contributed by atoms with van der Waals surface area (Å²) in [6, 6.07) is 8.30. The number of para-hydroxylation sites is 1. The summed E-state index contributed by atoms with van der Waals surface area (Å²) in [5.74, 6) is 1.70. The largest absolute Gasteiger partial charge is 0.496 e. The minimum absolute atomic E-state index is 0.691. The smallest absolute Gasteiger partial charge is 0.122 e. The molecule has 1 atom stereocenters. The van der Waals surface area contributed by atoms with Crippen molar-refractivity contribution >= 4 is 0 Å². The molecule has 0 aliphatic carbocycles. The van der Waals surface area contributed by atoms with Gasteiger partial charge in [0.1, 0.15) is 5.75 Å². The SMILES string of the molecule is CCNCC(CC)Cc1ccccc1OC. The van der Waals surface area contributed by atoms with Crippen molar-refractivity contribution in [3.63, 3.8) is 0 Å². The Morgan fingerprint density at radius 1 is 1.25 bits per heavy atom. The summed E-state index contributed by atoms with van der Waals surface area (Å²) in [4.78, 5) is 0. The molecule has 0 heterocycles. The van der Waals surface area contributed by atoms with E-state index in [1.807, 2.05) is 12.1 Å². The summed E-state index contributed by atoms with van der Waals surface area (Å²) in [6.45, 7) is 6.53. The van der Waals surface area contributed by atoms with E-state index in [1.54, 1.807) is 7.11 Å². The van der Waals surface area contributed by atoms with Gasteiger partial charge in [0.05, 0.1) is 7.11 Å². The first kappa shape index (κ1) is 13.0. The minimum atomic E-state index is 0.691. The second-order valence-corrected chi connectivity index (χ2v) is 4.10. The van der Waals surface area contributed by atoms with Gasteiger partial charge in [0.2, 0.25) is 0 Å². The molecule has 1 aromatic carbocycles. The van der Waals surface area contributed by atoms with E-state index in [2.05, 4.69) is 31.3 Å². The van der Waals surface area contributed by atoms with Gasteiger partial charge in [-0.1, -0.05) is 38.5 Å². The first-order valence-electron chi connectivity index (χ1n) is 6.14. The molecule has 0 aliphatic heterocycles. The average Bonchev–Trinajstić information content (AvgIpc) is 2.34. The maximum Gasteiger partial charge on any atom is 0.122 e. The molecule has 0 bridgehead atoms. The number of methoxy groups -OCH3 is 1. The van der Waals surface area contributed by atoms with Crippen LogP contribution in [0.15, 0.2) is 24.3 Å². The highest BCUT2D eigenvalue weighted by molar-refractivity contribution is 5.33. The van der Waals surface area contributed by atoms with Crippen molar-refractivity contribution in [1.29, 1.82) is 0 Å². The third kappa shape index (κ3) is 3.86. The van der Waals surface area contributed by atoms with Crippen LogP contribution in [0, 0.1) is 5.92 Å². The maximum absolute atomic E-state index is 5.37. The molecule has 1 aromatic rings. The van der Waals surface area contributed by atoms with Crippen LogP contribution in [-0.4, -0.2) is 20.2 Å². The third-order valence-corrected chi connectivity index (χ3v) is 2.96. The highest BCUT2D eigenvalue weighted by Crippen LogP contribution is 2.21. The summed E-state index contributed by atoms with van der Waals surface area (Å²) in [7, 11) is 1.74. The molecule has 0 amide bonds. The number of benzene rings is 1. The fourth-order valence-corrected chi connectivity index (χ4v) is 1.89. The Labute approximate surface area is 99.0 Å². The molecule has 0 aromatic heterocycles. The first-order valence-corrected chi connectivity index (χ1v) is 6.14. The van der Waals surface area contributed by atoms with Crippen molar-refractivity contribution < 1.29 is 4.74 Å². The summed E-state index contributed by atoms with van der Waals surface area (Å²) in [6.07, 6.45) is 2.29. The van der Waals surface area contributed by atoms with E-state index < -0.39 is 0 Å². The van der Waals surface area contributed by atoms with Crippen LogP contribution in [0.5, 0.6) is 5.75 Å². The van der Waals surface area contributed by atoms with Gasteiger partial charge in [0.15, 0.2) is 0 Å². The molecule has 0 saturated heterocycles. The molecule has 2 nitrogen and oxygen atoms in total. The van der Waals surface area contributed by atoms with Gasteiger partial charge in [-0.05, 0) is 37.1 Å². The molecule has 2 heteroatoms. The van der Waals surface area contributed by atoms with E-state index in [1.165, 1.54) is 12.0 Å². The highest BCUT2D eigenvalue weighted by Gasteiger charge is 2.09. The Kier molecular flexibility index (Phi) is 5.94. The van der Waals surface area contributed by atoms with E-state index in [0.29, 0.717) is 5.92 Å². The third-order valence-electron chi connectivity index (χ3n) is 2.96. The van der Waals surface area contributed by atoms with Gasteiger partial charge in [0.25, 0.3) is 0 Å². The van der Waals surface area contributed by atoms with Crippen LogP contribution in [0.25, 0.3) is 0 Å². The Morgan fingerprint density at radius 2 is 2.00 bits per heavy atom. The quantitative estimate of drug-likeness (QED) is 0.764. The lowest BCUT2D eigenvalue weighted by Crippen LogP contribution is -2.23. The van der Waals surface area contributed by atoms with E-state index in [4.69, 9.17) is 4.74 Å². The van der Waals surface area contributed by atoms with E-state index >= 15 is 0 Å². The van der Waals surface area contributed by atoms with Crippen molar-refractivity contribution in [1.82, 2.24) is 5.32 Å². The Bertz CT molecular complexity index is 299. The van der Waals surface area contributed by atoms with Gasteiger partial charge in [-0.15, -0.1) is 0 Å². The second-order valence-electron chi connectivity index (χ2n) is 4.10. The molecule has 1 unspecified atom stereocenters. The summed E-state index contributed by atoms with van der Waals surface area (Å²) >= 11 is 0. The van der Waals surface area contributed by atoms with Gasteiger partial charge in [-0.25, -0.2) is 0 Å². The molecular formula is C14H23NO. The Morgan fingerprint density at radius 3 is 2.62 bits per heavy atom. The van der Waals surface area contributed by atoms with Gasteiger partial charge < -0.3 is 10.1 Å². The van der Waals surface area contributed by atoms with Crippen LogP contribution in [0.2, 0.25) is 0 Å². The zero-order valence-corrected chi connectivity index (χ0v) is 10.6. The molecule has 0 radical (unpaired) electrons. The zero-order valence-electron chi connectivity index (χ0n) is 10.6. The lowest BCUT2D eigenvalue weighted by Gasteiger charge is -2.16. The summed E-state index contributed by atoms with van der Waals surface area (Å²) in [5, 5.41) is 3.42. The molecule has 0 fully saturated rings. The minimum Gasteiger partial charge on any atom is -0.496 e. The van der Waals surface area contributed by atoms with E-state index in [0.717, 1.165) is 25.3 Å². The fraction of sp³-hybridized carbons (Fsp3) is 0.571. The molecule has 16 heavy (non-hydrogen) atoms. The fourth-order valence-electron chi connectivity index (χ4n) is 1.89. The Balaban J connectivity index is 2.62. The van der Waals surface area contributed by atoms with Crippen LogP contribution < -0.4 is 10.1 Å². The molecular weight excluding hydrogens is 198 g/mol. The predicted molar refractivity (Wildman–Crippen MR) is 69.0 cm³/mol. The monoisotopic (exact) mass is 221 g/mol. The van der Waals surface area contributed by atoms with Gasteiger partial charge >= 0.3 is 0 Å². The lowest BCUT2D eigenvalue weighted by molar-refractivity contribution is 0.399. The average molecular weight is 221 g/mol. The summed E-state index contributed by atoms with van der Waals surface area (Å²) in [5.41, 5.74) is 1.31. The highest BCUT2D eigenvalue weighted by atomic mass is 16.5. The molecule has 1 rings (SSSR count).